The van der Waals surface area contributed by atoms with Crippen LogP contribution in [0.4, 0.5) is 4.39 Å². The van der Waals surface area contributed by atoms with Crippen molar-refractivity contribution in [3.8, 4) is 50.6 Å². The van der Waals surface area contributed by atoms with Gasteiger partial charge in [-0.1, -0.05) is 111 Å². The van der Waals surface area contributed by atoms with E-state index in [9.17, 15) is 4.39 Å². The Morgan fingerprint density at radius 3 is 2.05 bits per heavy atom. The van der Waals surface area contributed by atoms with Gasteiger partial charge in [0.2, 0.25) is 0 Å². The monoisotopic (exact) mass is 1050 g/mol. The van der Waals surface area contributed by atoms with Crippen LogP contribution in [0, 0.1) is 37.7 Å². The number of benzene rings is 7. The molecule has 10 rings (SSSR count). The third-order valence-electron chi connectivity index (χ3n) is 11.6. The van der Waals surface area contributed by atoms with E-state index in [1.807, 2.05) is 36.4 Å². The number of aromatic nitrogens is 3. The topological polar surface area (TPSA) is 30.7 Å². The molecule has 0 saturated heterocycles. The van der Waals surface area contributed by atoms with Crippen LogP contribution in [-0.4, -0.2) is 22.6 Å². The molecule has 7 aromatic carbocycles. The number of thiophene rings is 1. The summed E-state index contributed by atoms with van der Waals surface area (Å²) in [5.41, 5.74) is 14.6. The number of nitrogens with zero attached hydrogens (tertiary/aromatic N) is 3. The molecule has 0 atom stereocenters. The van der Waals surface area contributed by atoms with Crippen molar-refractivity contribution in [1.82, 2.24) is 14.5 Å². The predicted octanol–water partition coefficient (Wildman–Crippen LogP) is 15.2. The number of aryl methyl sites for hydroxylation is 2. The van der Waals surface area contributed by atoms with E-state index in [0.29, 0.717) is 5.92 Å². The summed E-state index contributed by atoms with van der Waals surface area (Å²) in [7, 11) is -1.34. The van der Waals surface area contributed by atoms with Crippen molar-refractivity contribution in [2.24, 2.45) is 5.92 Å². The fraction of sp³-hybridized carbons (Fsp3) is 0.158. The Bertz CT molecular complexity index is 3220. The van der Waals surface area contributed by atoms with E-state index in [1.165, 1.54) is 65.3 Å². The quantitative estimate of drug-likeness (QED) is 0.112. The van der Waals surface area contributed by atoms with Gasteiger partial charge >= 0.3 is 0 Å². The van der Waals surface area contributed by atoms with Crippen molar-refractivity contribution in [2.45, 2.75) is 53.8 Å². The van der Waals surface area contributed by atoms with Crippen molar-refractivity contribution in [3.05, 3.63) is 192 Å². The van der Waals surface area contributed by atoms with Gasteiger partial charge in [0, 0.05) is 36.7 Å². The van der Waals surface area contributed by atoms with Gasteiger partial charge in [0.1, 0.15) is 5.82 Å². The zero-order valence-electron chi connectivity index (χ0n) is 37.3. The van der Waals surface area contributed by atoms with Gasteiger partial charge in [-0.25, -0.2) is 4.39 Å². The van der Waals surface area contributed by atoms with Gasteiger partial charge in [0.25, 0.3) is 0 Å². The van der Waals surface area contributed by atoms with Crippen molar-refractivity contribution in [1.29, 1.82) is 0 Å². The first kappa shape index (κ1) is 44.8. The second-order valence-electron chi connectivity index (χ2n) is 17.9. The zero-order valence-corrected chi connectivity index (χ0v) is 41.5. The number of halogens is 1. The molecule has 10 aromatic rings. The summed E-state index contributed by atoms with van der Waals surface area (Å²) < 4.78 is 18.3. The van der Waals surface area contributed by atoms with Crippen molar-refractivity contribution in [2.75, 3.05) is 0 Å². The molecule has 0 aliphatic carbocycles. The van der Waals surface area contributed by atoms with E-state index in [0.717, 1.165) is 56.9 Å². The summed E-state index contributed by atoms with van der Waals surface area (Å²) in [6.07, 6.45) is 3.24. The average molecular weight is 1050 g/mol. The number of hydrogen-bond donors (Lipinski definition) is 0. The SMILES string of the molecule is CC(C)Cc1cc(-c2[c-]cccc2)ncc1[Si](C)(C)C.Cc1cc(-c2ccccc2)cc(C)c1-n1c(-c2[c-]cc3sc4ccc(-c5ccc(F)cc5)cc4c3c2)nc2ccccc21.[Ir]. The fourth-order valence-corrected chi connectivity index (χ4v) is 11.3. The Labute approximate surface area is 395 Å². The van der Waals surface area contributed by atoms with Crippen molar-refractivity contribution in [3.63, 3.8) is 0 Å². The smallest absolute Gasteiger partial charge is 0.123 e. The minimum Gasteiger partial charge on any atom is -0.333 e. The molecule has 0 bridgehead atoms. The summed E-state index contributed by atoms with van der Waals surface area (Å²) in [5, 5.41) is 3.84. The summed E-state index contributed by atoms with van der Waals surface area (Å²) in [5.74, 6) is 1.31. The van der Waals surface area contributed by atoms with Crippen LogP contribution in [-0.2, 0) is 26.5 Å². The maximum Gasteiger partial charge on any atom is 0.123 e. The Kier molecular flexibility index (Phi) is 13.1. The van der Waals surface area contributed by atoms with Crippen LogP contribution in [0.15, 0.2) is 158 Å². The van der Waals surface area contributed by atoms with Gasteiger partial charge in [-0.3, -0.25) is 4.98 Å². The summed E-state index contributed by atoms with van der Waals surface area (Å²) in [4.78, 5) is 9.85. The number of imidazole rings is 1. The number of para-hydroxylation sites is 2. The molecular weight excluding hydrogens is 998 g/mol. The second kappa shape index (κ2) is 18.7. The Morgan fingerprint density at radius 2 is 1.34 bits per heavy atom. The maximum atomic E-state index is 13.6. The second-order valence-corrected chi connectivity index (χ2v) is 24.0. The van der Waals surface area contributed by atoms with Gasteiger partial charge in [0.05, 0.1) is 24.9 Å². The largest absolute Gasteiger partial charge is 0.333 e. The van der Waals surface area contributed by atoms with Gasteiger partial charge in [-0.05, 0) is 129 Å². The summed E-state index contributed by atoms with van der Waals surface area (Å²) >= 11 is 1.76. The predicted molar refractivity (Wildman–Crippen MR) is 269 cm³/mol. The first-order valence-corrected chi connectivity index (χ1v) is 26.0. The fourth-order valence-electron chi connectivity index (χ4n) is 8.69. The van der Waals surface area contributed by atoms with E-state index in [-0.39, 0.29) is 25.9 Å². The van der Waals surface area contributed by atoms with Crippen LogP contribution in [0.3, 0.4) is 0 Å². The normalized spacial score (nSPS) is 11.5. The number of pyridine rings is 1. The van der Waals surface area contributed by atoms with Crippen LogP contribution in [0.5, 0.6) is 0 Å². The third kappa shape index (κ3) is 9.22. The number of rotatable bonds is 8. The molecule has 3 nitrogen and oxygen atoms in total. The van der Waals surface area contributed by atoms with Crippen molar-refractivity contribution >= 4 is 55.8 Å². The van der Waals surface area contributed by atoms with Crippen LogP contribution >= 0.6 is 11.3 Å². The van der Waals surface area contributed by atoms with Crippen LogP contribution in [0.2, 0.25) is 19.6 Å². The molecule has 64 heavy (non-hydrogen) atoms. The van der Waals surface area contributed by atoms with Gasteiger partial charge in [-0.2, -0.15) is 11.3 Å². The maximum absolute atomic E-state index is 13.6. The summed E-state index contributed by atoms with van der Waals surface area (Å²) in [6.45, 7) is 16.1. The van der Waals surface area contributed by atoms with Crippen LogP contribution in [0.25, 0.3) is 81.8 Å². The third-order valence-corrected chi connectivity index (χ3v) is 14.8. The minimum absolute atomic E-state index is 0. The Morgan fingerprint density at radius 1 is 0.672 bits per heavy atom. The van der Waals surface area contributed by atoms with Gasteiger partial charge in [0.15, 0.2) is 0 Å². The molecule has 0 saturated carbocycles. The van der Waals surface area contributed by atoms with E-state index in [4.69, 9.17) is 4.98 Å². The molecular formula is C57H50FIrN3SSi-2. The molecule has 3 aromatic heterocycles. The molecule has 0 aliphatic heterocycles. The van der Waals surface area contributed by atoms with Gasteiger partial charge < -0.3 is 9.55 Å². The zero-order chi connectivity index (χ0) is 43.8. The first-order chi connectivity index (χ1) is 30.4. The molecule has 0 amide bonds. The Balaban J connectivity index is 0.000000225. The molecule has 321 valence electrons. The number of fused-ring (bicyclic) bond motifs is 4. The van der Waals surface area contributed by atoms with Crippen LogP contribution < -0.4 is 5.19 Å². The molecule has 3 heterocycles. The molecule has 1 radical (unpaired) electrons. The van der Waals surface area contributed by atoms with E-state index in [1.54, 1.807) is 11.3 Å². The molecule has 0 fully saturated rings. The van der Waals surface area contributed by atoms with Crippen LogP contribution in [0.1, 0.15) is 30.5 Å². The molecule has 0 spiro atoms. The van der Waals surface area contributed by atoms with E-state index in [2.05, 4.69) is 178 Å². The summed E-state index contributed by atoms with van der Waals surface area (Å²) in [6, 6.07) is 58.1. The van der Waals surface area contributed by atoms with Gasteiger partial charge in [-0.15, -0.1) is 59.7 Å². The molecule has 0 aliphatic rings. The first-order valence-electron chi connectivity index (χ1n) is 21.7. The van der Waals surface area contributed by atoms with E-state index < -0.39 is 8.07 Å². The standard InChI is InChI=1S/C39H26FN2S.C18H24NSi.Ir/c1-24-20-30(26-8-4-3-5-9-26)21-25(2)38(24)42-35-11-7-6-10-34(35)41-39(42)29-15-19-37-33(23-29)32-22-28(14-18-36(32)43-37)27-12-16-31(40)17-13-27;1-14(2)11-16-12-17(15-9-7-6-8-10-15)19-13-18(16)20(3,4)5;/h3-14,16-23H,1-2H3;6-9,12-14H,11H2,1-5H3;/q2*-1;. The number of hydrogen-bond acceptors (Lipinski definition) is 3. The van der Waals surface area contributed by atoms with E-state index >= 15 is 0 Å². The molecule has 0 unspecified atom stereocenters. The Hall–Kier alpha value is -5.82. The molecule has 0 N–H and O–H groups in total. The average Bonchev–Trinajstić information content (AvgIpc) is 3.84. The molecule has 7 heteroatoms. The minimum atomic E-state index is -1.34. The van der Waals surface area contributed by atoms with Crippen molar-refractivity contribution < 1.29 is 24.5 Å².